The number of hydrogen-bond donors (Lipinski definition) is 6. The average Bonchev–Trinajstić information content (AvgIpc) is 3.69. The van der Waals surface area contributed by atoms with Crippen LogP contribution in [0.2, 0.25) is 5.02 Å². The second-order valence-electron chi connectivity index (χ2n) is 9.43. The maximum Gasteiger partial charge on any atom is 0.305 e. The molecule has 6 N–H and O–H groups in total. The van der Waals surface area contributed by atoms with Crippen LogP contribution in [0.1, 0.15) is 46.8 Å². The molecule has 1 fully saturated rings. The summed E-state index contributed by atoms with van der Waals surface area (Å²) >= 11 is 6.24. The van der Waals surface area contributed by atoms with Crippen LogP contribution < -0.4 is 21.3 Å². The summed E-state index contributed by atoms with van der Waals surface area (Å²) in [6.45, 7) is -0.421. The Kier molecular flexibility index (Phi) is 8.21. The van der Waals surface area contributed by atoms with Crippen LogP contribution in [0.5, 0.6) is 5.75 Å². The first-order valence-electron chi connectivity index (χ1n) is 12.1. The van der Waals surface area contributed by atoms with Crippen molar-refractivity contribution in [2.24, 2.45) is 4.99 Å². The van der Waals surface area contributed by atoms with E-state index >= 15 is 0 Å². The molecule has 2 aromatic carbocycles. The van der Waals surface area contributed by atoms with Gasteiger partial charge in [-0.25, -0.2) is 9.38 Å². The fourth-order valence-corrected chi connectivity index (χ4v) is 4.41. The molecule has 1 heterocycles. The number of phenols is 1. The molecular formula is C26H26ClFN6O5. The number of nitrogens with one attached hydrogen (secondary N) is 4. The molecule has 2 aliphatic rings. The van der Waals surface area contributed by atoms with Gasteiger partial charge in [-0.15, -0.1) is 0 Å². The van der Waals surface area contributed by atoms with Crippen molar-refractivity contribution in [2.75, 3.05) is 25.0 Å². The molecule has 2 amide bonds. The summed E-state index contributed by atoms with van der Waals surface area (Å²) in [5, 5.41) is 39.9. The highest BCUT2D eigenvalue weighted by molar-refractivity contribution is 6.30. The zero-order valence-corrected chi connectivity index (χ0v) is 21.4. The van der Waals surface area contributed by atoms with Crippen LogP contribution in [0.25, 0.3) is 0 Å². The minimum absolute atomic E-state index is 0.0187. The summed E-state index contributed by atoms with van der Waals surface area (Å²) in [7, 11) is 0. The molecule has 0 bridgehead atoms. The number of rotatable bonds is 9. The Morgan fingerprint density at radius 2 is 2.00 bits per heavy atom. The molecule has 11 nitrogen and oxygen atoms in total. The molecule has 0 radical (unpaired) electrons. The quantitative estimate of drug-likeness (QED) is 0.273. The highest BCUT2D eigenvalue weighted by Gasteiger charge is 2.45. The fourth-order valence-electron chi connectivity index (χ4n) is 4.17. The minimum atomic E-state index is -1.16. The number of aliphatic carboxylic acids is 1. The Morgan fingerprint density at radius 3 is 2.64 bits per heavy atom. The second kappa shape index (κ2) is 11.6. The van der Waals surface area contributed by atoms with Crippen LogP contribution in [-0.4, -0.2) is 59.8 Å². The molecular weight excluding hydrogens is 531 g/mol. The number of carbonyl (C=O) groups excluding carboxylic acids is 2. The first kappa shape index (κ1) is 27.7. The van der Waals surface area contributed by atoms with Crippen molar-refractivity contribution < 1.29 is 29.0 Å². The first-order valence-corrected chi connectivity index (χ1v) is 12.5. The third-order valence-electron chi connectivity index (χ3n) is 6.34. The van der Waals surface area contributed by atoms with Crippen LogP contribution in [0.4, 0.5) is 10.1 Å². The molecule has 0 saturated heterocycles. The predicted octanol–water partition coefficient (Wildman–Crippen LogP) is 2.37. The number of phenolic OH excluding ortho intramolecular Hbond substituents is 1. The molecule has 0 aromatic heterocycles. The van der Waals surface area contributed by atoms with Gasteiger partial charge in [0, 0.05) is 22.3 Å². The van der Waals surface area contributed by atoms with Gasteiger partial charge in [0.15, 0.2) is 5.96 Å². The zero-order valence-electron chi connectivity index (χ0n) is 20.6. The second-order valence-corrected chi connectivity index (χ2v) is 9.87. The van der Waals surface area contributed by atoms with Gasteiger partial charge in [-0.1, -0.05) is 17.7 Å². The van der Waals surface area contributed by atoms with E-state index < -0.39 is 48.4 Å². The van der Waals surface area contributed by atoms with E-state index in [0.717, 1.165) is 0 Å². The number of carboxylic acid groups (broad SMARTS) is 1. The zero-order chi connectivity index (χ0) is 28.2. The monoisotopic (exact) mass is 556 g/mol. The molecule has 1 saturated carbocycles. The van der Waals surface area contributed by atoms with Crippen LogP contribution in [0.3, 0.4) is 0 Å². The molecule has 0 spiro atoms. The standard InChI is InChI=1S/C26H26ClFN6O5/c27-17-4-14(3-16(7-17)26(13-29)1-2-26)21(9-23(37)38)34-22(36)12-30-24(39)15-5-19(8-20(35)6-15)33-25-31-10-18(28)11-32-25/h3-8,18,21,35H,1-2,9-12H2,(H,30,39)(H,34,36)(H,37,38)(H2,31,32,33)/t21-/m0/s1. The van der Waals surface area contributed by atoms with E-state index in [2.05, 4.69) is 32.3 Å². The molecule has 39 heavy (non-hydrogen) atoms. The van der Waals surface area contributed by atoms with Crippen molar-refractivity contribution in [3.05, 3.63) is 58.1 Å². The van der Waals surface area contributed by atoms with E-state index in [1.165, 1.54) is 24.3 Å². The Balaban J connectivity index is 1.41. The number of halogens is 2. The number of amides is 2. The van der Waals surface area contributed by atoms with Gasteiger partial charge in [0.1, 0.15) is 11.9 Å². The molecule has 2 aromatic rings. The minimum Gasteiger partial charge on any atom is -0.508 e. The molecule has 1 aliphatic heterocycles. The number of hydrogen-bond acceptors (Lipinski definition) is 8. The van der Waals surface area contributed by atoms with Crippen molar-refractivity contribution in [2.45, 2.75) is 36.9 Å². The largest absolute Gasteiger partial charge is 0.508 e. The first-order chi connectivity index (χ1) is 18.6. The van der Waals surface area contributed by atoms with Gasteiger partial charge in [0.25, 0.3) is 5.91 Å². The number of guanidine groups is 1. The maximum absolute atomic E-state index is 13.2. The van der Waals surface area contributed by atoms with E-state index in [-0.39, 0.29) is 30.4 Å². The van der Waals surface area contributed by atoms with E-state index in [1.807, 2.05) is 0 Å². The number of nitriles is 1. The fraction of sp³-hybridized carbons (Fsp3) is 0.346. The van der Waals surface area contributed by atoms with Crippen LogP contribution in [0.15, 0.2) is 41.4 Å². The third kappa shape index (κ3) is 7.14. The van der Waals surface area contributed by atoms with Crippen molar-refractivity contribution in [3.8, 4) is 11.8 Å². The number of carboxylic acids is 1. The highest BCUT2D eigenvalue weighted by Crippen LogP contribution is 2.48. The van der Waals surface area contributed by atoms with Gasteiger partial charge in [0.05, 0.1) is 43.6 Å². The lowest BCUT2D eigenvalue weighted by molar-refractivity contribution is -0.137. The van der Waals surface area contributed by atoms with Gasteiger partial charge in [-0.3, -0.25) is 14.4 Å². The summed E-state index contributed by atoms with van der Waals surface area (Å²) in [5.41, 5.74) is 0.797. The summed E-state index contributed by atoms with van der Waals surface area (Å²) in [4.78, 5) is 40.9. The summed E-state index contributed by atoms with van der Waals surface area (Å²) in [6, 6.07) is 10.2. The molecule has 13 heteroatoms. The summed E-state index contributed by atoms with van der Waals surface area (Å²) < 4.78 is 13.2. The third-order valence-corrected chi connectivity index (χ3v) is 6.56. The summed E-state index contributed by atoms with van der Waals surface area (Å²) in [5.74, 6) is -2.42. The van der Waals surface area contributed by atoms with Gasteiger partial charge in [-0.2, -0.15) is 5.26 Å². The topological polar surface area (TPSA) is 176 Å². The predicted molar refractivity (Wildman–Crippen MR) is 140 cm³/mol. The van der Waals surface area contributed by atoms with E-state index in [0.29, 0.717) is 34.7 Å². The van der Waals surface area contributed by atoms with Crippen molar-refractivity contribution in [3.63, 3.8) is 0 Å². The van der Waals surface area contributed by atoms with E-state index in [9.17, 15) is 34.2 Å². The number of aromatic hydroxyl groups is 1. The van der Waals surface area contributed by atoms with Crippen LogP contribution in [-0.2, 0) is 15.0 Å². The summed E-state index contributed by atoms with van der Waals surface area (Å²) in [6.07, 6.45) is -0.210. The van der Waals surface area contributed by atoms with Crippen molar-refractivity contribution >= 4 is 41.0 Å². The van der Waals surface area contributed by atoms with Gasteiger partial charge < -0.3 is 31.5 Å². The molecule has 204 valence electrons. The average molecular weight is 557 g/mol. The Hall–Kier alpha value is -4.37. The van der Waals surface area contributed by atoms with Gasteiger partial charge in [0.2, 0.25) is 5.91 Å². The molecule has 4 rings (SSSR count). The van der Waals surface area contributed by atoms with Crippen LogP contribution >= 0.6 is 11.6 Å². The number of alkyl halides is 1. The highest BCUT2D eigenvalue weighted by atomic mass is 35.5. The number of aliphatic imine (C=N–C) groups is 1. The molecule has 1 unspecified atom stereocenters. The number of anilines is 1. The Labute approximate surface area is 228 Å². The lowest BCUT2D eigenvalue weighted by Gasteiger charge is -2.20. The van der Waals surface area contributed by atoms with Crippen molar-refractivity contribution in [1.29, 1.82) is 5.26 Å². The SMILES string of the molecule is N#CC1(c2cc(Cl)cc([C@H](CC(=O)O)NC(=O)CNC(=O)c3cc(O)cc(NC4=NCC(F)CN4)c3)c2)CC1. The van der Waals surface area contributed by atoms with Crippen LogP contribution in [0, 0.1) is 11.3 Å². The number of nitrogens with zero attached hydrogens (tertiary/aromatic N) is 2. The smallest absolute Gasteiger partial charge is 0.305 e. The van der Waals surface area contributed by atoms with E-state index in [4.69, 9.17) is 11.6 Å². The normalized spacial score (nSPS) is 18.0. The lowest BCUT2D eigenvalue weighted by Crippen LogP contribution is -2.41. The van der Waals surface area contributed by atoms with Crippen molar-refractivity contribution in [1.82, 2.24) is 16.0 Å². The van der Waals surface area contributed by atoms with Gasteiger partial charge >= 0.3 is 5.97 Å². The Morgan fingerprint density at radius 1 is 1.23 bits per heavy atom. The maximum atomic E-state index is 13.2. The lowest BCUT2D eigenvalue weighted by atomic mass is 9.93. The Bertz CT molecular complexity index is 1370. The van der Waals surface area contributed by atoms with E-state index in [1.54, 1.807) is 12.1 Å². The molecule has 2 atom stereocenters. The number of benzene rings is 2. The molecule has 1 aliphatic carbocycles. The number of carbonyl (C=O) groups is 3. The van der Waals surface area contributed by atoms with Gasteiger partial charge in [-0.05, 0) is 48.2 Å².